The Balaban J connectivity index is 5.22. The molecule has 0 aromatic heterocycles. The Morgan fingerprint density at radius 2 is 0.460 bits per heavy atom. The van der Waals surface area contributed by atoms with Crippen molar-refractivity contribution in [3.8, 4) is 0 Å². The molecule has 5 atom stereocenters. The highest BCUT2D eigenvalue weighted by molar-refractivity contribution is 7.47. The van der Waals surface area contributed by atoms with Crippen molar-refractivity contribution in [2.45, 2.75) is 445 Å². The van der Waals surface area contributed by atoms with E-state index in [-0.39, 0.29) is 25.7 Å². The molecule has 0 heterocycles. The van der Waals surface area contributed by atoms with Gasteiger partial charge >= 0.3 is 39.5 Å². The third kappa shape index (κ3) is 74.3. The van der Waals surface area contributed by atoms with Gasteiger partial charge in [-0.2, -0.15) is 0 Å². The van der Waals surface area contributed by atoms with Crippen molar-refractivity contribution in [2.75, 3.05) is 39.6 Å². The Kier molecular flexibility index (Phi) is 71.2. The normalized spacial score (nSPS) is 13.9. The Hall–Kier alpha value is -1.94. The van der Waals surface area contributed by atoms with Crippen LogP contribution in [-0.2, 0) is 65.4 Å². The monoisotopic (exact) mass is 1470 g/mol. The van der Waals surface area contributed by atoms with Gasteiger partial charge in [0.25, 0.3) is 0 Å². The number of carbonyl (C=O) groups is 4. The molecular weight excluding hydrogens is 1310 g/mol. The van der Waals surface area contributed by atoms with E-state index in [1.807, 2.05) is 0 Å². The summed E-state index contributed by atoms with van der Waals surface area (Å²) in [6, 6.07) is 0. The number of unbranched alkanes of at least 4 members (excludes halogenated alkanes) is 50. The zero-order valence-electron chi connectivity index (χ0n) is 65.5. The molecule has 0 aromatic rings. The van der Waals surface area contributed by atoms with E-state index in [2.05, 4.69) is 41.5 Å². The second-order valence-corrected chi connectivity index (χ2v) is 33.0. The van der Waals surface area contributed by atoms with E-state index < -0.39 is 97.5 Å². The molecule has 0 aliphatic carbocycles. The molecule has 3 N–H and O–H groups in total. The molecule has 0 aliphatic heterocycles. The summed E-state index contributed by atoms with van der Waals surface area (Å²) in [6.07, 6.45) is 62.7. The smallest absolute Gasteiger partial charge is 0.462 e. The van der Waals surface area contributed by atoms with Crippen molar-refractivity contribution in [2.24, 2.45) is 11.8 Å². The summed E-state index contributed by atoms with van der Waals surface area (Å²) in [7, 11) is -9.92. The Labute approximate surface area is 613 Å². The minimum atomic E-state index is -4.96. The zero-order valence-corrected chi connectivity index (χ0v) is 67.3. The fraction of sp³-hybridized carbons (Fsp3) is 0.951. The molecule has 0 saturated carbocycles. The highest BCUT2D eigenvalue weighted by atomic mass is 31.2. The van der Waals surface area contributed by atoms with Gasteiger partial charge in [-0.25, -0.2) is 9.13 Å². The first kappa shape index (κ1) is 98.1. The summed E-state index contributed by atoms with van der Waals surface area (Å²) in [5.74, 6) is -0.668. The fourth-order valence-electron chi connectivity index (χ4n) is 12.5. The lowest BCUT2D eigenvalue weighted by Crippen LogP contribution is -2.30. The van der Waals surface area contributed by atoms with Gasteiger partial charge in [0.05, 0.1) is 26.4 Å². The third-order valence-corrected chi connectivity index (χ3v) is 20.9. The molecule has 0 radical (unpaired) electrons. The van der Waals surface area contributed by atoms with Crippen LogP contribution in [0, 0.1) is 11.8 Å². The Morgan fingerprint density at radius 1 is 0.270 bits per heavy atom. The van der Waals surface area contributed by atoms with Crippen LogP contribution < -0.4 is 0 Å². The maximum Gasteiger partial charge on any atom is 0.472 e. The van der Waals surface area contributed by atoms with E-state index in [1.165, 1.54) is 244 Å². The van der Waals surface area contributed by atoms with Crippen molar-refractivity contribution < 1.29 is 80.2 Å². The SMILES string of the molecule is CCCCCCCCCCCCCCCCCCCCCCC(=O)O[C@H](COC(=O)CCCCCCCCCCCCCCCCCCCC)COP(=O)(O)OC[C@@H](O)COP(=O)(O)OC[C@@H](COC(=O)CCCCCCCCCCC(C)C)OC(=O)CCCCCCCCCCC(C)C. The molecule has 594 valence electrons. The number of ether oxygens (including phenoxy) is 4. The second kappa shape index (κ2) is 72.6. The minimum absolute atomic E-state index is 0.104. The maximum atomic E-state index is 13.1. The summed E-state index contributed by atoms with van der Waals surface area (Å²) in [6.45, 7) is 9.55. The van der Waals surface area contributed by atoms with Crippen LogP contribution in [0.1, 0.15) is 427 Å². The van der Waals surface area contributed by atoms with E-state index in [0.717, 1.165) is 102 Å². The van der Waals surface area contributed by atoms with Crippen molar-refractivity contribution in [1.82, 2.24) is 0 Å². The van der Waals surface area contributed by atoms with Gasteiger partial charge in [-0.1, -0.05) is 375 Å². The van der Waals surface area contributed by atoms with E-state index in [4.69, 9.17) is 37.0 Å². The second-order valence-electron chi connectivity index (χ2n) is 30.1. The number of carbonyl (C=O) groups excluding carboxylic acids is 4. The molecule has 0 rings (SSSR count). The highest BCUT2D eigenvalue weighted by Crippen LogP contribution is 2.45. The number of hydrogen-bond acceptors (Lipinski definition) is 15. The standard InChI is InChI=1S/C81H158O17P2/c1-7-9-11-13-15-17-19-21-23-25-27-28-30-32-34-36-38-47-53-59-65-80(85)97-76(69-91-78(83)63-57-51-45-37-35-33-31-29-26-24-22-20-18-16-14-12-10-8-2)71-95-99(87,88)93-67-75(82)68-94-100(89,90)96-72-77(98-81(86)66-60-54-48-42-40-44-50-56-62-74(5)6)70-92-79(84)64-58-52-46-41-39-43-49-55-61-73(3)4/h73-77,82H,7-72H2,1-6H3,(H,87,88)(H,89,90)/t75-,76-,77-/m1/s1. The molecule has 19 heteroatoms. The summed E-state index contributed by atoms with van der Waals surface area (Å²) < 4.78 is 68.7. The largest absolute Gasteiger partial charge is 0.472 e. The predicted octanol–water partition coefficient (Wildman–Crippen LogP) is 24.3. The van der Waals surface area contributed by atoms with Crippen LogP contribution in [0.15, 0.2) is 0 Å². The van der Waals surface area contributed by atoms with Gasteiger partial charge in [0.15, 0.2) is 12.2 Å². The maximum absolute atomic E-state index is 13.1. The first-order chi connectivity index (χ1) is 48.4. The quantitative estimate of drug-likeness (QED) is 0.0222. The Bertz CT molecular complexity index is 1920. The van der Waals surface area contributed by atoms with Gasteiger partial charge in [0.1, 0.15) is 19.3 Å². The lowest BCUT2D eigenvalue weighted by Gasteiger charge is -2.21. The van der Waals surface area contributed by atoms with Crippen molar-refractivity contribution in [3.63, 3.8) is 0 Å². The highest BCUT2D eigenvalue weighted by Gasteiger charge is 2.30. The number of phosphoric acid groups is 2. The topological polar surface area (TPSA) is 237 Å². The molecule has 0 aromatic carbocycles. The number of aliphatic hydroxyl groups is 1. The van der Waals surface area contributed by atoms with Crippen molar-refractivity contribution in [1.29, 1.82) is 0 Å². The van der Waals surface area contributed by atoms with Crippen LogP contribution in [0.2, 0.25) is 0 Å². The molecule has 17 nitrogen and oxygen atoms in total. The van der Waals surface area contributed by atoms with Crippen LogP contribution in [0.5, 0.6) is 0 Å². The van der Waals surface area contributed by atoms with Crippen LogP contribution in [0.3, 0.4) is 0 Å². The van der Waals surface area contributed by atoms with Crippen LogP contribution in [0.4, 0.5) is 0 Å². The number of rotatable bonds is 80. The molecule has 0 bridgehead atoms. The van der Waals surface area contributed by atoms with Gasteiger partial charge in [-0.3, -0.25) is 37.3 Å². The summed E-state index contributed by atoms with van der Waals surface area (Å²) in [4.78, 5) is 73.0. The molecule has 0 saturated heterocycles. The molecule has 100 heavy (non-hydrogen) atoms. The van der Waals surface area contributed by atoms with Gasteiger partial charge in [-0.15, -0.1) is 0 Å². The van der Waals surface area contributed by atoms with Gasteiger partial charge < -0.3 is 33.8 Å². The average molecular weight is 1470 g/mol. The molecular formula is C81H158O17P2. The average Bonchev–Trinajstić information content (AvgIpc) is 0.914. The van der Waals surface area contributed by atoms with Crippen molar-refractivity contribution in [3.05, 3.63) is 0 Å². The van der Waals surface area contributed by atoms with Crippen LogP contribution >= 0.6 is 15.6 Å². The number of phosphoric ester groups is 2. The summed E-state index contributed by atoms with van der Waals surface area (Å²) in [5, 5.41) is 10.6. The molecule has 0 amide bonds. The number of esters is 4. The van der Waals surface area contributed by atoms with E-state index in [9.17, 15) is 43.2 Å². The molecule has 0 fully saturated rings. The van der Waals surface area contributed by atoms with E-state index in [0.29, 0.717) is 25.7 Å². The lowest BCUT2D eigenvalue weighted by atomic mass is 10.0. The van der Waals surface area contributed by atoms with Gasteiger partial charge in [0.2, 0.25) is 0 Å². The van der Waals surface area contributed by atoms with Crippen LogP contribution in [-0.4, -0.2) is 96.7 Å². The first-order valence-electron chi connectivity index (χ1n) is 42.0. The van der Waals surface area contributed by atoms with Crippen molar-refractivity contribution >= 4 is 39.5 Å². The van der Waals surface area contributed by atoms with Gasteiger partial charge in [-0.05, 0) is 37.5 Å². The summed E-state index contributed by atoms with van der Waals surface area (Å²) >= 11 is 0. The molecule has 0 spiro atoms. The molecule has 0 aliphatic rings. The number of hydrogen-bond donors (Lipinski definition) is 3. The lowest BCUT2D eigenvalue weighted by molar-refractivity contribution is -0.161. The third-order valence-electron chi connectivity index (χ3n) is 19.0. The molecule has 2 unspecified atom stereocenters. The zero-order chi connectivity index (χ0) is 73.5. The minimum Gasteiger partial charge on any atom is -0.462 e. The fourth-order valence-corrected chi connectivity index (χ4v) is 14.1. The number of aliphatic hydroxyl groups excluding tert-OH is 1. The predicted molar refractivity (Wildman–Crippen MR) is 409 cm³/mol. The van der Waals surface area contributed by atoms with Crippen LogP contribution in [0.25, 0.3) is 0 Å². The Morgan fingerprint density at radius 3 is 0.680 bits per heavy atom. The van der Waals surface area contributed by atoms with Gasteiger partial charge in [0, 0.05) is 25.7 Å². The summed E-state index contributed by atoms with van der Waals surface area (Å²) in [5.41, 5.74) is 0. The van der Waals surface area contributed by atoms with E-state index >= 15 is 0 Å². The van der Waals surface area contributed by atoms with E-state index in [1.54, 1.807) is 0 Å². The first-order valence-corrected chi connectivity index (χ1v) is 45.0.